The average Bonchev–Trinajstić information content (AvgIpc) is 4.04. The molecule has 13 nitrogen and oxygen atoms in total. The van der Waals surface area contributed by atoms with Crippen LogP contribution < -0.4 is 19.1 Å². The molecular weight excluding hydrogens is 710 g/mol. The molecule has 0 saturated carbocycles. The lowest BCUT2D eigenvalue weighted by Gasteiger charge is -2.23. The van der Waals surface area contributed by atoms with E-state index in [1.165, 1.54) is 11.3 Å². The second kappa shape index (κ2) is 23.3. The molecule has 0 bridgehead atoms. The summed E-state index contributed by atoms with van der Waals surface area (Å²) in [5, 5.41) is 0. The van der Waals surface area contributed by atoms with Crippen LogP contribution in [0.1, 0.15) is 25.5 Å². The molecule has 3 aromatic carbocycles. The zero-order chi connectivity index (χ0) is 38.7. The number of nitrogens with zero attached hydrogens (tertiary/aromatic N) is 1. The Morgan fingerprint density at radius 2 is 0.927 bits per heavy atom. The summed E-state index contributed by atoms with van der Waals surface area (Å²) < 4.78 is 57.2. The third-order valence-corrected chi connectivity index (χ3v) is 8.43. The van der Waals surface area contributed by atoms with Crippen molar-refractivity contribution in [2.75, 3.05) is 97.8 Å². The fourth-order valence-corrected chi connectivity index (χ4v) is 4.85. The lowest BCUT2D eigenvalue weighted by atomic mass is 10.1. The molecule has 7 aliphatic heterocycles. The van der Waals surface area contributed by atoms with Crippen molar-refractivity contribution in [1.82, 2.24) is 0 Å². The Balaban J connectivity index is 0.000000144. The van der Waals surface area contributed by atoms with Crippen molar-refractivity contribution in [3.63, 3.8) is 0 Å². The normalized spacial score (nSPS) is 25.9. The highest BCUT2D eigenvalue weighted by molar-refractivity contribution is 5.49. The smallest absolute Gasteiger partial charge is 0.123 e. The summed E-state index contributed by atoms with van der Waals surface area (Å²) in [6.45, 7) is 16.7. The van der Waals surface area contributed by atoms with E-state index in [0.717, 1.165) is 83.2 Å². The molecule has 0 amide bonds. The van der Waals surface area contributed by atoms with Gasteiger partial charge in [0.15, 0.2) is 0 Å². The second-order valence-electron chi connectivity index (χ2n) is 13.2. The largest absolute Gasteiger partial charge is 0.491 e. The first-order chi connectivity index (χ1) is 27.2. The van der Waals surface area contributed by atoms with Crippen LogP contribution in [0.4, 0.5) is 5.69 Å². The SMILES string of the molecule is C=O.CC.COCC1CO1.c1cc(N(CC2CO2)CC2CO2)ccc1C1CO1.c1cc(OCC2CO2)cc(OCC2CO2)c1.c1ccc(OCC2CO2)cc1. The third kappa shape index (κ3) is 18.6. The van der Waals surface area contributed by atoms with Crippen molar-refractivity contribution < 1.29 is 56.9 Å². The first kappa shape index (κ1) is 42.4. The molecule has 0 N–H and O–H groups in total. The molecule has 3 aromatic rings. The van der Waals surface area contributed by atoms with Gasteiger partial charge in [0, 0.05) is 32.0 Å². The Kier molecular flexibility index (Phi) is 18.0. The first-order valence-electron chi connectivity index (χ1n) is 19.1. The predicted octanol–water partition coefficient (Wildman–Crippen LogP) is 4.94. The van der Waals surface area contributed by atoms with Gasteiger partial charge in [-0.15, -0.1) is 0 Å². The van der Waals surface area contributed by atoms with Crippen molar-refractivity contribution in [1.29, 1.82) is 0 Å². The number of carbonyl (C=O) groups excluding carboxylic acids is 1. The molecule has 10 rings (SSSR count). The third-order valence-electron chi connectivity index (χ3n) is 8.43. The molecule has 7 aliphatic rings. The van der Waals surface area contributed by atoms with Gasteiger partial charge in [0.1, 0.15) is 74.4 Å². The van der Waals surface area contributed by atoms with E-state index in [2.05, 4.69) is 29.2 Å². The number of ether oxygens (including phenoxy) is 11. The minimum Gasteiger partial charge on any atom is -0.491 e. The number of hydrogen-bond acceptors (Lipinski definition) is 13. The van der Waals surface area contributed by atoms with Gasteiger partial charge in [0.2, 0.25) is 0 Å². The molecule has 0 aliphatic carbocycles. The first-order valence-corrected chi connectivity index (χ1v) is 19.1. The Hall–Kier alpha value is -3.79. The van der Waals surface area contributed by atoms with E-state index in [1.807, 2.05) is 75.2 Å². The topological polar surface area (TPSA) is 145 Å². The second-order valence-corrected chi connectivity index (χ2v) is 13.2. The maximum atomic E-state index is 8.00. The van der Waals surface area contributed by atoms with Crippen molar-refractivity contribution >= 4 is 12.5 Å². The molecule has 7 fully saturated rings. The van der Waals surface area contributed by atoms with Gasteiger partial charge in [-0.05, 0) is 42.0 Å². The van der Waals surface area contributed by atoms with Crippen molar-refractivity contribution in [3.8, 4) is 17.2 Å². The van der Waals surface area contributed by atoms with Crippen LogP contribution in [-0.4, -0.2) is 136 Å². The fourth-order valence-electron chi connectivity index (χ4n) is 4.85. The van der Waals surface area contributed by atoms with E-state index in [4.69, 9.17) is 56.9 Å². The summed E-state index contributed by atoms with van der Waals surface area (Å²) in [5.74, 6) is 2.57. The lowest BCUT2D eigenvalue weighted by Crippen LogP contribution is -2.31. The zero-order valence-corrected chi connectivity index (χ0v) is 32.3. The predicted molar refractivity (Wildman–Crippen MR) is 206 cm³/mol. The summed E-state index contributed by atoms with van der Waals surface area (Å²) in [6.07, 6.45) is 2.50. The molecule has 302 valence electrons. The van der Waals surface area contributed by atoms with Crippen LogP contribution >= 0.6 is 0 Å². The Labute approximate surface area is 324 Å². The van der Waals surface area contributed by atoms with Crippen LogP contribution in [0.5, 0.6) is 17.2 Å². The minimum atomic E-state index is 0.282. The van der Waals surface area contributed by atoms with E-state index < -0.39 is 0 Å². The molecule has 7 unspecified atom stereocenters. The van der Waals surface area contributed by atoms with Crippen molar-refractivity contribution in [2.45, 2.75) is 56.6 Å². The number of rotatable bonds is 17. The summed E-state index contributed by atoms with van der Waals surface area (Å²) in [5.41, 5.74) is 2.54. The summed E-state index contributed by atoms with van der Waals surface area (Å²) in [4.78, 5) is 10.4. The van der Waals surface area contributed by atoms with Gasteiger partial charge >= 0.3 is 0 Å². The van der Waals surface area contributed by atoms with Gasteiger partial charge in [-0.2, -0.15) is 0 Å². The number of methoxy groups -OCH3 is 1. The number of benzene rings is 3. The van der Waals surface area contributed by atoms with Crippen LogP contribution in [0.25, 0.3) is 0 Å². The quantitative estimate of drug-likeness (QED) is 0.171. The van der Waals surface area contributed by atoms with E-state index in [-0.39, 0.29) is 12.2 Å². The highest BCUT2D eigenvalue weighted by Crippen LogP contribution is 2.31. The van der Waals surface area contributed by atoms with Crippen LogP contribution in [0.2, 0.25) is 0 Å². The van der Waals surface area contributed by atoms with Gasteiger partial charge in [0.25, 0.3) is 0 Å². The maximum absolute atomic E-state index is 8.00. The van der Waals surface area contributed by atoms with Gasteiger partial charge in [-0.25, -0.2) is 0 Å². The maximum Gasteiger partial charge on any atom is 0.123 e. The molecule has 0 radical (unpaired) electrons. The number of epoxide rings is 7. The number of hydrogen-bond donors (Lipinski definition) is 0. The minimum absolute atomic E-state index is 0.282. The summed E-state index contributed by atoms with van der Waals surface area (Å²) in [7, 11) is 1.68. The number of anilines is 1. The molecule has 0 spiro atoms. The van der Waals surface area contributed by atoms with Gasteiger partial charge in [-0.3, -0.25) is 0 Å². The van der Waals surface area contributed by atoms with Crippen molar-refractivity contribution in [2.24, 2.45) is 0 Å². The monoisotopic (exact) mass is 767 g/mol. The highest BCUT2D eigenvalue weighted by Gasteiger charge is 2.31. The van der Waals surface area contributed by atoms with Gasteiger partial charge < -0.3 is 61.8 Å². The molecule has 7 heterocycles. The number of carbonyl (C=O) groups is 1. The van der Waals surface area contributed by atoms with Crippen LogP contribution in [0.15, 0.2) is 78.9 Å². The highest BCUT2D eigenvalue weighted by atomic mass is 16.6. The number of para-hydroxylation sites is 1. The Bertz CT molecular complexity index is 1410. The summed E-state index contributed by atoms with van der Waals surface area (Å²) in [6, 6.07) is 26.1. The molecule has 7 atom stereocenters. The van der Waals surface area contributed by atoms with Crippen LogP contribution in [0.3, 0.4) is 0 Å². The molecule has 7 saturated heterocycles. The molecule has 13 heteroatoms. The van der Waals surface area contributed by atoms with E-state index >= 15 is 0 Å². The lowest BCUT2D eigenvalue weighted by molar-refractivity contribution is -0.0980. The summed E-state index contributed by atoms with van der Waals surface area (Å²) >= 11 is 0. The zero-order valence-electron chi connectivity index (χ0n) is 32.3. The van der Waals surface area contributed by atoms with Gasteiger partial charge in [0.05, 0.1) is 65.1 Å². The van der Waals surface area contributed by atoms with Crippen LogP contribution in [0, 0.1) is 0 Å². The van der Waals surface area contributed by atoms with E-state index in [9.17, 15) is 0 Å². The van der Waals surface area contributed by atoms with Crippen LogP contribution in [-0.2, 0) is 42.7 Å². The molecular formula is C42H57NO12. The molecule has 55 heavy (non-hydrogen) atoms. The Morgan fingerprint density at radius 1 is 0.527 bits per heavy atom. The standard InChI is InChI=1S/C14H17NO3.C12H14O4.C9H10O2.C4H8O2.C2H6.CH2O/c1-3-11(4-2-10(1)14-9-18-14)15(5-12-7-16-12)6-13-8-17-13;1-2-9(13-5-11-7-15-11)4-10(3-1)14-6-12-8-16-12;1-2-4-8(5-3-1)10-6-9-7-11-9;1-5-2-4-3-6-4;2*1-2/h1-4,12-14H,5-9H2;1-4,11-12H,5-8H2;1-5,9H,6-7H2;4H,2-3H2,1H3;1-2H3;1H2. The Morgan fingerprint density at radius 3 is 1.31 bits per heavy atom. The average molecular weight is 768 g/mol. The van der Waals surface area contributed by atoms with Crippen molar-refractivity contribution in [3.05, 3.63) is 84.4 Å². The van der Waals surface area contributed by atoms with Gasteiger partial charge in [-0.1, -0.05) is 50.2 Å². The molecule has 0 aromatic heterocycles. The van der Waals surface area contributed by atoms with E-state index in [0.29, 0.717) is 50.3 Å². The van der Waals surface area contributed by atoms with E-state index in [1.54, 1.807) is 7.11 Å². The fraction of sp³-hybridized carbons (Fsp3) is 0.548.